The lowest BCUT2D eigenvalue weighted by Gasteiger charge is -2.50. The Kier molecular flexibility index (Phi) is 8.83. The van der Waals surface area contributed by atoms with Crippen molar-refractivity contribution in [3.63, 3.8) is 0 Å². The molecule has 1 saturated heterocycles. The molecule has 1 aliphatic heterocycles. The summed E-state index contributed by atoms with van der Waals surface area (Å²) in [6, 6.07) is 0. The third kappa shape index (κ3) is 8.38. The SMILES string of the molecule is CO[C@H]1O[C@H](CI)[C@@H](O[Si](C)(C)C)[C@H](O[Si](C)(C)C)[C@@H]1O[Si](C)(C)C. The topological polar surface area (TPSA) is 46.2 Å². The molecular weight excluding hydrogens is 483 g/mol. The average molecular weight is 521 g/mol. The van der Waals surface area contributed by atoms with E-state index in [2.05, 4.69) is 81.5 Å². The molecule has 9 heteroatoms. The van der Waals surface area contributed by atoms with E-state index in [1.165, 1.54) is 0 Å². The van der Waals surface area contributed by atoms with Gasteiger partial charge in [0.25, 0.3) is 0 Å². The molecule has 5 nitrogen and oxygen atoms in total. The fourth-order valence-corrected chi connectivity index (χ4v) is 6.78. The summed E-state index contributed by atoms with van der Waals surface area (Å²) in [5, 5.41) is 0. The molecule has 1 fully saturated rings. The van der Waals surface area contributed by atoms with Gasteiger partial charge in [0, 0.05) is 11.5 Å². The van der Waals surface area contributed by atoms with Crippen molar-refractivity contribution in [2.24, 2.45) is 0 Å². The van der Waals surface area contributed by atoms with Gasteiger partial charge in [-0.3, -0.25) is 0 Å². The molecule has 0 aromatic rings. The van der Waals surface area contributed by atoms with E-state index in [0.29, 0.717) is 0 Å². The van der Waals surface area contributed by atoms with Crippen molar-refractivity contribution in [1.29, 1.82) is 0 Å². The first-order chi connectivity index (χ1) is 11.2. The van der Waals surface area contributed by atoms with E-state index < -0.39 is 31.2 Å². The Labute approximate surface area is 171 Å². The van der Waals surface area contributed by atoms with E-state index in [9.17, 15) is 0 Å². The Balaban J connectivity index is 3.27. The van der Waals surface area contributed by atoms with Gasteiger partial charge in [0.15, 0.2) is 31.2 Å². The quantitative estimate of drug-likeness (QED) is 0.269. The predicted molar refractivity (Wildman–Crippen MR) is 119 cm³/mol. The van der Waals surface area contributed by atoms with Crippen molar-refractivity contribution in [3.8, 4) is 0 Å². The fraction of sp³-hybridized carbons (Fsp3) is 1.00. The summed E-state index contributed by atoms with van der Waals surface area (Å²) in [6.45, 7) is 19.8. The first-order valence-electron chi connectivity index (χ1n) is 8.94. The monoisotopic (exact) mass is 520 g/mol. The molecule has 1 heterocycles. The van der Waals surface area contributed by atoms with Gasteiger partial charge >= 0.3 is 0 Å². The zero-order valence-electron chi connectivity index (χ0n) is 17.5. The molecule has 0 aliphatic carbocycles. The molecule has 25 heavy (non-hydrogen) atoms. The van der Waals surface area contributed by atoms with Crippen LogP contribution in [0.25, 0.3) is 0 Å². The minimum Gasteiger partial charge on any atom is -0.409 e. The van der Waals surface area contributed by atoms with Gasteiger partial charge in [0.1, 0.15) is 12.2 Å². The van der Waals surface area contributed by atoms with Gasteiger partial charge in [0.2, 0.25) is 0 Å². The molecule has 150 valence electrons. The summed E-state index contributed by atoms with van der Waals surface area (Å²) in [5.41, 5.74) is 0. The summed E-state index contributed by atoms with van der Waals surface area (Å²) in [6.07, 6.45) is -1.02. The molecule has 0 saturated carbocycles. The minimum absolute atomic E-state index is 0.0555. The minimum atomic E-state index is -1.81. The van der Waals surface area contributed by atoms with Gasteiger partial charge < -0.3 is 22.8 Å². The van der Waals surface area contributed by atoms with Crippen LogP contribution in [0.3, 0.4) is 0 Å². The lowest BCUT2D eigenvalue weighted by atomic mass is 10.00. The van der Waals surface area contributed by atoms with Crippen molar-refractivity contribution < 1.29 is 22.8 Å². The van der Waals surface area contributed by atoms with Gasteiger partial charge in [-0.1, -0.05) is 22.6 Å². The molecule has 0 N–H and O–H groups in total. The standard InChI is InChI=1S/C16H37IO5Si3/c1-18-16-15(22-25(8,9)10)14(21-24(5,6)7)13(12(11-17)19-16)20-23(2,3)4/h12-16H,11H2,1-10H3/t12-,13-,14+,15+,16+/m1/s1. The second-order valence-electron chi connectivity index (χ2n) is 9.52. The van der Waals surface area contributed by atoms with Crippen molar-refractivity contribution in [2.45, 2.75) is 89.6 Å². The largest absolute Gasteiger partial charge is 0.409 e. The molecular formula is C16H37IO5Si3. The van der Waals surface area contributed by atoms with Crippen LogP contribution in [0.2, 0.25) is 58.9 Å². The number of hydrogen-bond donors (Lipinski definition) is 0. The number of halogens is 1. The van der Waals surface area contributed by atoms with Crippen LogP contribution in [0.4, 0.5) is 0 Å². The third-order valence-electron chi connectivity index (χ3n) is 3.44. The highest BCUT2D eigenvalue weighted by Gasteiger charge is 2.51. The van der Waals surface area contributed by atoms with Gasteiger partial charge in [0.05, 0.1) is 12.2 Å². The van der Waals surface area contributed by atoms with Crippen molar-refractivity contribution >= 4 is 47.5 Å². The number of alkyl halides is 1. The zero-order valence-corrected chi connectivity index (χ0v) is 22.7. The molecule has 0 aromatic carbocycles. The highest BCUT2D eigenvalue weighted by molar-refractivity contribution is 14.1. The van der Waals surface area contributed by atoms with Crippen molar-refractivity contribution in [3.05, 3.63) is 0 Å². The van der Waals surface area contributed by atoms with Gasteiger partial charge in [-0.15, -0.1) is 0 Å². The Bertz CT molecular complexity index is 389. The molecule has 0 aromatic heterocycles. The summed E-state index contributed by atoms with van der Waals surface area (Å²) in [5.74, 6) is 0. The third-order valence-corrected chi connectivity index (χ3v) is 7.25. The van der Waals surface area contributed by atoms with Crippen molar-refractivity contribution in [2.75, 3.05) is 11.5 Å². The van der Waals surface area contributed by atoms with Crippen LogP contribution in [-0.4, -0.2) is 67.2 Å². The van der Waals surface area contributed by atoms with E-state index in [1.54, 1.807) is 7.11 Å². The fourth-order valence-electron chi connectivity index (χ4n) is 2.82. The Morgan fingerprint density at radius 2 is 1.12 bits per heavy atom. The molecule has 0 unspecified atom stereocenters. The van der Waals surface area contributed by atoms with E-state index in [0.717, 1.165) is 4.43 Å². The number of hydrogen-bond acceptors (Lipinski definition) is 5. The second kappa shape index (κ2) is 9.12. The summed E-state index contributed by atoms with van der Waals surface area (Å²) >= 11 is 2.36. The maximum absolute atomic E-state index is 6.63. The number of methoxy groups -OCH3 is 1. The van der Waals surface area contributed by atoms with E-state index in [-0.39, 0.29) is 24.4 Å². The highest BCUT2D eigenvalue weighted by atomic mass is 127. The first-order valence-corrected chi connectivity index (χ1v) is 20.7. The van der Waals surface area contributed by atoms with E-state index >= 15 is 0 Å². The van der Waals surface area contributed by atoms with E-state index in [1.807, 2.05) is 0 Å². The highest BCUT2D eigenvalue weighted by Crippen LogP contribution is 2.34. The van der Waals surface area contributed by atoms with E-state index in [4.69, 9.17) is 22.8 Å². The van der Waals surface area contributed by atoms with Crippen LogP contribution in [0.5, 0.6) is 0 Å². The predicted octanol–water partition coefficient (Wildman–Crippen LogP) is 4.45. The molecule has 0 radical (unpaired) electrons. The number of rotatable bonds is 8. The first kappa shape index (κ1) is 24.2. The Morgan fingerprint density at radius 3 is 1.48 bits per heavy atom. The summed E-state index contributed by atoms with van der Waals surface area (Å²) < 4.78 is 32.4. The maximum atomic E-state index is 6.63. The van der Waals surface area contributed by atoms with Crippen LogP contribution in [0, 0.1) is 0 Å². The van der Waals surface area contributed by atoms with Crippen LogP contribution in [-0.2, 0) is 22.8 Å². The Hall–Kier alpha value is 1.18. The van der Waals surface area contributed by atoms with Crippen LogP contribution in [0.1, 0.15) is 0 Å². The van der Waals surface area contributed by atoms with Crippen LogP contribution >= 0.6 is 22.6 Å². The smallest absolute Gasteiger partial charge is 0.185 e. The normalized spacial score (nSPS) is 32.0. The molecule has 1 rings (SSSR count). The van der Waals surface area contributed by atoms with Crippen LogP contribution in [0.15, 0.2) is 0 Å². The average Bonchev–Trinajstić information content (AvgIpc) is 2.38. The second-order valence-corrected chi connectivity index (χ2v) is 23.8. The lowest BCUT2D eigenvalue weighted by molar-refractivity contribution is -0.273. The molecule has 0 amide bonds. The van der Waals surface area contributed by atoms with Crippen molar-refractivity contribution in [1.82, 2.24) is 0 Å². The molecule has 0 bridgehead atoms. The maximum Gasteiger partial charge on any atom is 0.185 e. The van der Waals surface area contributed by atoms with Crippen LogP contribution < -0.4 is 0 Å². The van der Waals surface area contributed by atoms with Gasteiger partial charge in [-0.2, -0.15) is 0 Å². The number of ether oxygens (including phenoxy) is 2. The molecule has 1 aliphatic rings. The van der Waals surface area contributed by atoms with Gasteiger partial charge in [-0.05, 0) is 58.9 Å². The molecule has 0 spiro atoms. The Morgan fingerprint density at radius 1 is 0.720 bits per heavy atom. The van der Waals surface area contributed by atoms with Gasteiger partial charge in [-0.25, -0.2) is 0 Å². The lowest BCUT2D eigenvalue weighted by Crippen LogP contribution is -2.65. The summed E-state index contributed by atoms with van der Waals surface area (Å²) in [4.78, 5) is 0. The summed E-state index contributed by atoms with van der Waals surface area (Å²) in [7, 11) is -3.71. The zero-order chi connectivity index (χ0) is 19.6. The molecule has 5 atom stereocenters.